The number of H-pyrrole nitrogens is 1. The molecule has 0 aliphatic rings. The molecular formula is C16H17N5O3. The molecule has 24 heavy (non-hydrogen) atoms. The predicted octanol–water partition coefficient (Wildman–Crippen LogP) is 2.24. The van der Waals surface area contributed by atoms with Gasteiger partial charge in [-0.15, -0.1) is 0 Å². The lowest BCUT2D eigenvalue weighted by Gasteiger charge is -2.12. The van der Waals surface area contributed by atoms with E-state index in [-0.39, 0.29) is 0 Å². The van der Waals surface area contributed by atoms with Crippen molar-refractivity contribution in [1.29, 1.82) is 0 Å². The number of benzene rings is 1. The fourth-order valence-corrected chi connectivity index (χ4v) is 2.42. The number of pyridine rings is 1. The highest BCUT2D eigenvalue weighted by molar-refractivity contribution is 5.96. The van der Waals surface area contributed by atoms with E-state index in [9.17, 15) is 4.79 Å². The summed E-state index contributed by atoms with van der Waals surface area (Å²) in [5.74, 6) is 1.02. The molecule has 2 aromatic heterocycles. The fraction of sp³-hybridized carbons (Fsp3) is 0.188. The lowest BCUT2D eigenvalue weighted by molar-refractivity contribution is 0.193. The zero-order valence-electron chi connectivity index (χ0n) is 12.8. The van der Waals surface area contributed by atoms with Gasteiger partial charge in [-0.1, -0.05) is 6.07 Å². The summed E-state index contributed by atoms with van der Waals surface area (Å²) < 4.78 is 5.83. The van der Waals surface area contributed by atoms with Crippen LogP contribution in [0.25, 0.3) is 22.2 Å². The summed E-state index contributed by atoms with van der Waals surface area (Å²) in [5, 5.41) is 18.7. The standard InChI is InChI=1S/C16H17N5O3/c17-13-9-11(20-21-13)14-12(24-8-2-7-19-16(22)23)5-4-10-3-1-6-18-15(10)14/h1,3-6,9,19H,2,7-8H2,(H,22,23)(H3,17,20,21). The van der Waals surface area contributed by atoms with Crippen LogP contribution in [0.15, 0.2) is 36.5 Å². The van der Waals surface area contributed by atoms with E-state index in [2.05, 4.69) is 20.5 Å². The lowest BCUT2D eigenvalue weighted by Crippen LogP contribution is -2.23. The highest BCUT2D eigenvalue weighted by Gasteiger charge is 2.14. The van der Waals surface area contributed by atoms with E-state index in [0.29, 0.717) is 31.1 Å². The van der Waals surface area contributed by atoms with Gasteiger partial charge in [0.2, 0.25) is 0 Å². The number of hydrogen-bond acceptors (Lipinski definition) is 5. The number of nitrogens with two attached hydrogens (primary N) is 1. The Morgan fingerprint density at radius 3 is 3.00 bits per heavy atom. The monoisotopic (exact) mass is 327 g/mol. The maximum Gasteiger partial charge on any atom is 0.404 e. The molecule has 2 heterocycles. The van der Waals surface area contributed by atoms with Gasteiger partial charge in [-0.3, -0.25) is 10.1 Å². The zero-order chi connectivity index (χ0) is 16.9. The number of aromatic amines is 1. The van der Waals surface area contributed by atoms with Crippen molar-refractivity contribution < 1.29 is 14.6 Å². The normalized spacial score (nSPS) is 10.7. The Kier molecular flexibility index (Phi) is 4.46. The van der Waals surface area contributed by atoms with Crippen molar-refractivity contribution in [3.8, 4) is 17.0 Å². The molecule has 3 rings (SSSR count). The molecule has 0 aliphatic carbocycles. The van der Waals surface area contributed by atoms with Gasteiger partial charge in [-0.05, 0) is 24.6 Å². The molecule has 0 atom stereocenters. The van der Waals surface area contributed by atoms with Crippen molar-refractivity contribution in [3.63, 3.8) is 0 Å². The number of carboxylic acid groups (broad SMARTS) is 1. The summed E-state index contributed by atoms with van der Waals surface area (Å²) in [6.45, 7) is 0.697. The molecule has 0 saturated heterocycles. The number of nitrogens with one attached hydrogen (secondary N) is 2. The molecular weight excluding hydrogens is 310 g/mol. The average molecular weight is 327 g/mol. The molecule has 8 heteroatoms. The Morgan fingerprint density at radius 1 is 1.38 bits per heavy atom. The first-order valence-electron chi connectivity index (χ1n) is 7.44. The second kappa shape index (κ2) is 6.86. The zero-order valence-corrected chi connectivity index (χ0v) is 12.8. The molecule has 0 saturated carbocycles. The van der Waals surface area contributed by atoms with E-state index in [4.69, 9.17) is 15.6 Å². The van der Waals surface area contributed by atoms with Crippen LogP contribution < -0.4 is 15.8 Å². The van der Waals surface area contributed by atoms with Gasteiger partial charge in [0, 0.05) is 24.2 Å². The molecule has 1 amide bonds. The van der Waals surface area contributed by atoms with Gasteiger partial charge in [0.1, 0.15) is 11.6 Å². The number of aromatic nitrogens is 3. The van der Waals surface area contributed by atoms with Gasteiger partial charge in [0.05, 0.1) is 23.4 Å². The molecule has 0 bridgehead atoms. The fourth-order valence-electron chi connectivity index (χ4n) is 2.42. The molecule has 124 valence electrons. The third-order valence-corrected chi connectivity index (χ3v) is 3.46. The van der Waals surface area contributed by atoms with Crippen LogP contribution in [0.4, 0.5) is 10.6 Å². The van der Waals surface area contributed by atoms with Gasteiger partial charge >= 0.3 is 6.09 Å². The number of carbonyl (C=O) groups is 1. The average Bonchev–Trinajstić information content (AvgIpc) is 3.00. The first kappa shape index (κ1) is 15.6. The predicted molar refractivity (Wildman–Crippen MR) is 89.9 cm³/mol. The number of anilines is 1. The summed E-state index contributed by atoms with van der Waals surface area (Å²) >= 11 is 0. The van der Waals surface area contributed by atoms with E-state index >= 15 is 0 Å². The van der Waals surface area contributed by atoms with Crippen LogP contribution in [0.1, 0.15) is 6.42 Å². The molecule has 3 aromatic rings. The van der Waals surface area contributed by atoms with Gasteiger partial charge in [0.15, 0.2) is 0 Å². The largest absolute Gasteiger partial charge is 0.493 e. The van der Waals surface area contributed by atoms with Gasteiger partial charge in [0.25, 0.3) is 0 Å². The van der Waals surface area contributed by atoms with Crippen molar-refractivity contribution in [2.75, 3.05) is 18.9 Å². The van der Waals surface area contributed by atoms with Crippen LogP contribution in [-0.4, -0.2) is 39.5 Å². The summed E-state index contributed by atoms with van der Waals surface area (Å²) in [4.78, 5) is 14.9. The van der Waals surface area contributed by atoms with Crippen molar-refractivity contribution in [3.05, 3.63) is 36.5 Å². The molecule has 0 aliphatic heterocycles. The molecule has 0 unspecified atom stereocenters. The lowest BCUT2D eigenvalue weighted by atomic mass is 10.1. The van der Waals surface area contributed by atoms with Crippen molar-refractivity contribution in [1.82, 2.24) is 20.5 Å². The summed E-state index contributed by atoms with van der Waals surface area (Å²) in [6.07, 6.45) is 1.22. The third kappa shape index (κ3) is 3.37. The minimum atomic E-state index is -1.04. The first-order valence-corrected chi connectivity index (χ1v) is 7.44. The molecule has 0 fully saturated rings. The van der Waals surface area contributed by atoms with E-state index in [1.807, 2.05) is 24.3 Å². The highest BCUT2D eigenvalue weighted by Crippen LogP contribution is 2.35. The second-order valence-corrected chi connectivity index (χ2v) is 5.15. The summed E-state index contributed by atoms with van der Waals surface area (Å²) in [7, 11) is 0. The van der Waals surface area contributed by atoms with E-state index in [0.717, 1.165) is 22.2 Å². The van der Waals surface area contributed by atoms with Crippen LogP contribution in [-0.2, 0) is 0 Å². The SMILES string of the molecule is Nc1cc(-c2c(OCCCNC(=O)O)ccc3cccnc23)[nH]n1. The van der Waals surface area contributed by atoms with E-state index in [1.54, 1.807) is 12.3 Å². The number of fused-ring (bicyclic) bond motifs is 1. The molecule has 1 aromatic carbocycles. The van der Waals surface area contributed by atoms with Gasteiger partial charge in [-0.2, -0.15) is 5.10 Å². The summed E-state index contributed by atoms with van der Waals surface area (Å²) in [5.41, 5.74) is 7.99. The Balaban J connectivity index is 1.88. The van der Waals surface area contributed by atoms with Crippen LogP contribution in [0.2, 0.25) is 0 Å². The van der Waals surface area contributed by atoms with Gasteiger partial charge < -0.3 is 20.9 Å². The van der Waals surface area contributed by atoms with Crippen LogP contribution >= 0.6 is 0 Å². The van der Waals surface area contributed by atoms with Crippen molar-refractivity contribution in [2.45, 2.75) is 6.42 Å². The Labute approximate surface area is 137 Å². The Hall–Kier alpha value is -3.29. The minimum absolute atomic E-state index is 0.327. The first-order chi connectivity index (χ1) is 11.6. The number of hydrogen-bond donors (Lipinski definition) is 4. The number of ether oxygens (including phenoxy) is 1. The van der Waals surface area contributed by atoms with Crippen LogP contribution in [0, 0.1) is 0 Å². The van der Waals surface area contributed by atoms with Crippen LogP contribution in [0.5, 0.6) is 5.75 Å². The number of rotatable bonds is 6. The number of nitrogen functional groups attached to an aromatic ring is 1. The highest BCUT2D eigenvalue weighted by atomic mass is 16.5. The molecule has 8 nitrogen and oxygen atoms in total. The third-order valence-electron chi connectivity index (χ3n) is 3.46. The minimum Gasteiger partial charge on any atom is -0.493 e. The molecule has 5 N–H and O–H groups in total. The van der Waals surface area contributed by atoms with Crippen molar-refractivity contribution in [2.24, 2.45) is 0 Å². The maximum absolute atomic E-state index is 10.4. The maximum atomic E-state index is 10.4. The molecule has 0 radical (unpaired) electrons. The van der Waals surface area contributed by atoms with E-state index in [1.165, 1.54) is 0 Å². The van der Waals surface area contributed by atoms with Gasteiger partial charge in [-0.25, -0.2) is 4.79 Å². The second-order valence-electron chi connectivity index (χ2n) is 5.15. The number of nitrogens with zero attached hydrogens (tertiary/aromatic N) is 2. The topological polar surface area (TPSA) is 126 Å². The smallest absolute Gasteiger partial charge is 0.404 e. The van der Waals surface area contributed by atoms with Crippen LogP contribution in [0.3, 0.4) is 0 Å². The number of amides is 1. The van der Waals surface area contributed by atoms with E-state index < -0.39 is 6.09 Å². The molecule has 0 spiro atoms. The Bertz CT molecular complexity index is 862. The van der Waals surface area contributed by atoms with Crippen molar-refractivity contribution >= 4 is 22.8 Å². The summed E-state index contributed by atoms with van der Waals surface area (Å²) in [6, 6.07) is 9.34. The Morgan fingerprint density at radius 2 is 2.25 bits per heavy atom. The quantitative estimate of drug-likeness (QED) is 0.514.